The SMILES string of the molecule is CCC(C)Nc1ncnc2c1cnn2-c1ccc(Br)cc1. The first-order valence-electron chi connectivity index (χ1n) is 6.90. The predicted molar refractivity (Wildman–Crippen MR) is 87.7 cm³/mol. The lowest BCUT2D eigenvalue weighted by Crippen LogP contribution is -2.14. The summed E-state index contributed by atoms with van der Waals surface area (Å²) >= 11 is 3.44. The molecule has 1 aromatic carbocycles. The van der Waals surface area contributed by atoms with Gasteiger partial charge in [0, 0.05) is 10.5 Å². The van der Waals surface area contributed by atoms with Gasteiger partial charge in [0.25, 0.3) is 0 Å². The summed E-state index contributed by atoms with van der Waals surface area (Å²) in [6.45, 7) is 4.27. The fraction of sp³-hybridized carbons (Fsp3) is 0.267. The van der Waals surface area contributed by atoms with Crippen molar-refractivity contribution >= 4 is 32.8 Å². The molecule has 1 N–H and O–H groups in total. The lowest BCUT2D eigenvalue weighted by atomic mass is 10.2. The molecule has 5 nitrogen and oxygen atoms in total. The average molecular weight is 346 g/mol. The second-order valence-electron chi connectivity index (χ2n) is 4.95. The molecule has 3 rings (SSSR count). The van der Waals surface area contributed by atoms with Gasteiger partial charge in [-0.3, -0.25) is 0 Å². The first-order valence-corrected chi connectivity index (χ1v) is 7.69. The summed E-state index contributed by atoms with van der Waals surface area (Å²) in [4.78, 5) is 8.70. The Balaban J connectivity index is 2.06. The van der Waals surface area contributed by atoms with E-state index in [0.29, 0.717) is 6.04 Å². The Labute approximate surface area is 131 Å². The minimum atomic E-state index is 0.360. The monoisotopic (exact) mass is 345 g/mol. The molecule has 1 unspecified atom stereocenters. The molecule has 0 aliphatic rings. The zero-order valence-corrected chi connectivity index (χ0v) is 13.5. The van der Waals surface area contributed by atoms with Crippen molar-refractivity contribution in [2.75, 3.05) is 5.32 Å². The number of anilines is 1. The fourth-order valence-corrected chi connectivity index (χ4v) is 2.33. The molecule has 6 heteroatoms. The third-order valence-corrected chi connectivity index (χ3v) is 3.96. The van der Waals surface area contributed by atoms with E-state index in [-0.39, 0.29) is 0 Å². The zero-order chi connectivity index (χ0) is 14.8. The van der Waals surface area contributed by atoms with Crippen LogP contribution in [0.15, 0.2) is 41.3 Å². The number of aromatic nitrogens is 4. The van der Waals surface area contributed by atoms with Crippen LogP contribution < -0.4 is 5.32 Å². The van der Waals surface area contributed by atoms with Crippen LogP contribution in [0, 0.1) is 0 Å². The van der Waals surface area contributed by atoms with Crippen LogP contribution in [-0.4, -0.2) is 25.8 Å². The van der Waals surface area contributed by atoms with Crippen molar-refractivity contribution < 1.29 is 0 Å². The summed E-state index contributed by atoms with van der Waals surface area (Å²) < 4.78 is 2.86. The number of rotatable bonds is 4. The van der Waals surface area contributed by atoms with Crippen molar-refractivity contribution in [3.8, 4) is 5.69 Å². The van der Waals surface area contributed by atoms with Gasteiger partial charge >= 0.3 is 0 Å². The summed E-state index contributed by atoms with van der Waals surface area (Å²) in [5.74, 6) is 0.831. The standard InChI is InChI=1S/C15H16BrN5/c1-3-10(2)20-14-13-8-19-21(15(13)18-9-17-14)12-6-4-11(16)5-7-12/h4-10H,3H2,1-2H3,(H,17,18,20). The van der Waals surface area contributed by atoms with E-state index >= 15 is 0 Å². The number of hydrogen-bond acceptors (Lipinski definition) is 4. The van der Waals surface area contributed by atoms with Crippen molar-refractivity contribution in [2.24, 2.45) is 0 Å². The topological polar surface area (TPSA) is 55.6 Å². The molecule has 108 valence electrons. The Kier molecular flexibility index (Phi) is 3.88. The summed E-state index contributed by atoms with van der Waals surface area (Å²) in [5, 5.41) is 8.78. The van der Waals surface area contributed by atoms with Gasteiger partial charge in [-0.2, -0.15) is 5.10 Å². The van der Waals surface area contributed by atoms with Crippen molar-refractivity contribution in [2.45, 2.75) is 26.3 Å². The van der Waals surface area contributed by atoms with Gasteiger partial charge in [0.2, 0.25) is 0 Å². The lowest BCUT2D eigenvalue weighted by Gasteiger charge is -2.12. The first-order chi connectivity index (χ1) is 10.2. The molecule has 0 fully saturated rings. The third kappa shape index (κ3) is 2.76. The quantitative estimate of drug-likeness (QED) is 0.781. The molecule has 0 radical (unpaired) electrons. The van der Waals surface area contributed by atoms with E-state index in [4.69, 9.17) is 0 Å². The Morgan fingerprint density at radius 2 is 2.00 bits per heavy atom. The van der Waals surface area contributed by atoms with Crippen molar-refractivity contribution in [3.63, 3.8) is 0 Å². The Bertz CT molecular complexity index is 750. The molecule has 0 saturated carbocycles. The van der Waals surface area contributed by atoms with Crippen LogP contribution in [0.4, 0.5) is 5.82 Å². The molecule has 2 heterocycles. The molecule has 0 aliphatic heterocycles. The van der Waals surface area contributed by atoms with Crippen LogP contribution in [0.1, 0.15) is 20.3 Å². The highest BCUT2D eigenvalue weighted by molar-refractivity contribution is 9.10. The summed E-state index contributed by atoms with van der Waals surface area (Å²) in [7, 11) is 0. The van der Waals surface area contributed by atoms with Gasteiger partial charge in [-0.25, -0.2) is 14.6 Å². The average Bonchev–Trinajstić information content (AvgIpc) is 2.93. The third-order valence-electron chi connectivity index (χ3n) is 3.43. The minimum Gasteiger partial charge on any atom is -0.367 e. The van der Waals surface area contributed by atoms with Crippen LogP contribution in [0.25, 0.3) is 16.7 Å². The largest absolute Gasteiger partial charge is 0.367 e. The predicted octanol–water partition coefficient (Wildman–Crippen LogP) is 3.79. The number of hydrogen-bond donors (Lipinski definition) is 1. The molecule has 21 heavy (non-hydrogen) atoms. The van der Waals surface area contributed by atoms with E-state index in [2.05, 4.69) is 50.2 Å². The normalized spacial score (nSPS) is 12.5. The smallest absolute Gasteiger partial charge is 0.168 e. The van der Waals surface area contributed by atoms with E-state index < -0.39 is 0 Å². The van der Waals surface area contributed by atoms with Crippen LogP contribution in [0.3, 0.4) is 0 Å². The van der Waals surface area contributed by atoms with Gasteiger partial charge in [-0.05, 0) is 37.6 Å². The minimum absolute atomic E-state index is 0.360. The first kappa shape index (κ1) is 14.0. The van der Waals surface area contributed by atoms with Crippen molar-refractivity contribution in [3.05, 3.63) is 41.3 Å². The second-order valence-corrected chi connectivity index (χ2v) is 5.86. The van der Waals surface area contributed by atoms with Crippen molar-refractivity contribution in [1.82, 2.24) is 19.7 Å². The maximum atomic E-state index is 4.45. The molecule has 0 amide bonds. The van der Waals surface area contributed by atoms with Crippen LogP contribution in [0.2, 0.25) is 0 Å². The second kappa shape index (κ2) is 5.81. The molecule has 0 saturated heterocycles. The summed E-state index contributed by atoms with van der Waals surface area (Å²) in [6.07, 6.45) is 4.42. The van der Waals surface area contributed by atoms with E-state index in [9.17, 15) is 0 Å². The molecule has 1 atom stereocenters. The van der Waals surface area contributed by atoms with Gasteiger partial charge in [0.15, 0.2) is 5.65 Å². The van der Waals surface area contributed by atoms with E-state index in [1.807, 2.05) is 35.1 Å². The van der Waals surface area contributed by atoms with Crippen LogP contribution in [-0.2, 0) is 0 Å². The highest BCUT2D eigenvalue weighted by atomic mass is 79.9. The van der Waals surface area contributed by atoms with Gasteiger partial charge in [0.05, 0.1) is 17.3 Å². The lowest BCUT2D eigenvalue weighted by molar-refractivity contribution is 0.760. The Hall–Kier alpha value is -1.95. The summed E-state index contributed by atoms with van der Waals surface area (Å²) in [5.41, 5.74) is 1.78. The van der Waals surface area contributed by atoms with Gasteiger partial charge < -0.3 is 5.32 Å². The number of benzene rings is 1. The highest BCUT2D eigenvalue weighted by Gasteiger charge is 2.12. The molecule has 0 bridgehead atoms. The van der Waals surface area contributed by atoms with Crippen LogP contribution in [0.5, 0.6) is 0 Å². The number of halogens is 1. The molecule has 0 spiro atoms. The van der Waals surface area contributed by atoms with E-state index in [1.165, 1.54) is 0 Å². The van der Waals surface area contributed by atoms with Crippen molar-refractivity contribution in [1.29, 1.82) is 0 Å². The zero-order valence-electron chi connectivity index (χ0n) is 11.9. The molecule has 2 aromatic heterocycles. The van der Waals surface area contributed by atoms with Gasteiger partial charge in [-0.15, -0.1) is 0 Å². The highest BCUT2D eigenvalue weighted by Crippen LogP contribution is 2.23. The maximum absolute atomic E-state index is 4.45. The summed E-state index contributed by atoms with van der Waals surface area (Å²) in [6, 6.07) is 8.34. The van der Waals surface area contributed by atoms with Crippen LogP contribution >= 0.6 is 15.9 Å². The Morgan fingerprint density at radius 3 is 2.71 bits per heavy atom. The maximum Gasteiger partial charge on any atom is 0.168 e. The molecule has 3 aromatic rings. The molecular formula is C15H16BrN5. The molecular weight excluding hydrogens is 330 g/mol. The Morgan fingerprint density at radius 1 is 1.24 bits per heavy atom. The number of fused-ring (bicyclic) bond motifs is 1. The van der Waals surface area contributed by atoms with Gasteiger partial charge in [0.1, 0.15) is 12.1 Å². The molecule has 0 aliphatic carbocycles. The van der Waals surface area contributed by atoms with Gasteiger partial charge in [-0.1, -0.05) is 22.9 Å². The fourth-order valence-electron chi connectivity index (χ4n) is 2.07. The van der Waals surface area contributed by atoms with E-state index in [1.54, 1.807) is 6.33 Å². The van der Waals surface area contributed by atoms with E-state index in [0.717, 1.165) is 33.4 Å². The number of nitrogens with zero attached hydrogens (tertiary/aromatic N) is 4. The number of nitrogens with one attached hydrogen (secondary N) is 1.